The summed E-state index contributed by atoms with van der Waals surface area (Å²) in [6.45, 7) is 4.55. The summed E-state index contributed by atoms with van der Waals surface area (Å²) in [6, 6.07) is -0.866. The Balaban J connectivity index is 3.87. The van der Waals surface area contributed by atoms with E-state index in [1.165, 1.54) is 89.9 Å². The summed E-state index contributed by atoms with van der Waals surface area (Å²) < 4.78 is 23.5. The maximum atomic E-state index is 12.9. The van der Waals surface area contributed by atoms with Crippen molar-refractivity contribution in [2.75, 3.05) is 40.9 Å². The highest BCUT2D eigenvalue weighted by molar-refractivity contribution is 7.47. The molecule has 0 fully saturated rings. The Morgan fingerprint density at radius 2 is 0.871 bits per heavy atom. The van der Waals surface area contributed by atoms with Gasteiger partial charge in [-0.3, -0.25) is 13.8 Å². The van der Waals surface area contributed by atoms with E-state index < -0.39 is 20.0 Å². The number of hydrogen-bond acceptors (Lipinski definition) is 5. The first kappa shape index (κ1) is 66.9. The van der Waals surface area contributed by atoms with Crippen molar-refractivity contribution in [1.82, 2.24) is 5.32 Å². The zero-order chi connectivity index (χ0) is 51.3. The van der Waals surface area contributed by atoms with Gasteiger partial charge in [0.15, 0.2) is 0 Å². The summed E-state index contributed by atoms with van der Waals surface area (Å²) >= 11 is 0. The number of hydrogen-bond donors (Lipinski definition) is 3. The van der Waals surface area contributed by atoms with Gasteiger partial charge in [0.05, 0.1) is 39.9 Å². The minimum atomic E-state index is -4.34. The number of allylic oxidation sites excluding steroid dienone is 19. The van der Waals surface area contributed by atoms with Crippen LogP contribution in [0.15, 0.2) is 122 Å². The molecule has 0 heterocycles. The number of nitrogens with one attached hydrogen (secondary N) is 1. The summed E-state index contributed by atoms with van der Waals surface area (Å²) in [5, 5.41) is 13.7. The van der Waals surface area contributed by atoms with Crippen molar-refractivity contribution in [2.45, 2.75) is 219 Å². The lowest BCUT2D eigenvalue weighted by molar-refractivity contribution is -0.870. The van der Waals surface area contributed by atoms with Gasteiger partial charge in [0.25, 0.3) is 0 Å². The van der Waals surface area contributed by atoms with E-state index in [1.54, 1.807) is 6.08 Å². The number of carbonyl (C=O) groups excluding carboxylic acids is 1. The molecule has 0 aliphatic carbocycles. The maximum Gasteiger partial charge on any atom is 0.472 e. The van der Waals surface area contributed by atoms with E-state index in [2.05, 4.69) is 129 Å². The van der Waals surface area contributed by atoms with Crippen LogP contribution in [0.1, 0.15) is 206 Å². The molecule has 0 aliphatic heterocycles. The average molecular weight is 995 g/mol. The SMILES string of the molecule is CC/C=C\C/C=C\C/C=C\C/C=C\C/C=C\C/C=C\C/C=C\C/C=C\CCCCCCCCCCCCCCCCCCC(=O)NC(COP(=O)(O)OCC[N+](C)(C)C)C(O)/C=C/CC/C=C/CCC. The first-order valence-electron chi connectivity index (χ1n) is 27.9. The van der Waals surface area contributed by atoms with Crippen molar-refractivity contribution in [1.29, 1.82) is 0 Å². The molecule has 3 atom stereocenters. The van der Waals surface area contributed by atoms with Gasteiger partial charge in [0.2, 0.25) is 5.91 Å². The van der Waals surface area contributed by atoms with E-state index in [-0.39, 0.29) is 19.1 Å². The number of quaternary nitrogens is 1. The van der Waals surface area contributed by atoms with Crippen molar-refractivity contribution in [2.24, 2.45) is 0 Å². The number of nitrogens with zero attached hydrogens (tertiary/aromatic N) is 1. The normalized spacial score (nSPS) is 14.9. The molecule has 0 rings (SSSR count). The fraction of sp³-hybridized carbons (Fsp3) is 0.656. The van der Waals surface area contributed by atoms with E-state index in [9.17, 15) is 19.4 Å². The number of amides is 1. The Morgan fingerprint density at radius 3 is 1.30 bits per heavy atom. The summed E-state index contributed by atoms with van der Waals surface area (Å²) in [5.74, 6) is -0.196. The highest BCUT2D eigenvalue weighted by Crippen LogP contribution is 2.43. The molecular formula is C61H106N2O6P+. The standard InChI is InChI=1S/C61H105N2O6P/c1-6-8-10-12-14-15-16-17-18-19-20-21-22-23-24-25-26-27-28-29-30-31-32-33-34-35-36-37-38-39-40-41-42-43-44-45-46-47-49-51-53-55-61(65)62-59(60(64)54-52-50-48-13-11-9-7-2)58-69-70(66,67)68-57-56-63(3,4)5/h8,10-11,13-15,17-18,20-21,23-24,26-27,29-30,32-33,52,54,59-60,64H,6-7,9,12,16,19,22,25,28,31,34-51,53,55-58H2,1-5H3,(H-,62,65,66,67)/p+1/b10-8-,13-11+,15-14-,18-17-,21-20-,24-23-,27-26-,30-29-,33-32-,54-52+. The van der Waals surface area contributed by atoms with Crippen molar-refractivity contribution < 1.29 is 32.9 Å². The molecule has 0 aromatic rings. The van der Waals surface area contributed by atoms with Gasteiger partial charge in [-0.2, -0.15) is 0 Å². The van der Waals surface area contributed by atoms with E-state index in [0.29, 0.717) is 17.4 Å². The van der Waals surface area contributed by atoms with Gasteiger partial charge in [-0.25, -0.2) is 4.57 Å². The number of aliphatic hydroxyl groups excluding tert-OH is 1. The van der Waals surface area contributed by atoms with Crippen LogP contribution in [0.2, 0.25) is 0 Å². The first-order valence-corrected chi connectivity index (χ1v) is 29.4. The minimum Gasteiger partial charge on any atom is -0.387 e. The Bertz CT molecular complexity index is 1550. The topological polar surface area (TPSA) is 105 Å². The van der Waals surface area contributed by atoms with E-state index in [0.717, 1.165) is 96.3 Å². The van der Waals surface area contributed by atoms with Gasteiger partial charge in [-0.15, -0.1) is 0 Å². The predicted molar refractivity (Wildman–Crippen MR) is 304 cm³/mol. The lowest BCUT2D eigenvalue weighted by atomic mass is 10.0. The number of aliphatic hydroxyl groups is 1. The molecule has 0 spiro atoms. The second-order valence-corrected chi connectivity index (χ2v) is 21.0. The van der Waals surface area contributed by atoms with Crippen LogP contribution >= 0.6 is 7.82 Å². The number of rotatable bonds is 49. The van der Waals surface area contributed by atoms with Crippen LogP contribution in [0.4, 0.5) is 0 Å². The summed E-state index contributed by atoms with van der Waals surface area (Å²) in [6.07, 6.45) is 76.4. The first-order chi connectivity index (χ1) is 34.0. The lowest BCUT2D eigenvalue weighted by Gasteiger charge is -2.25. The highest BCUT2D eigenvalue weighted by atomic mass is 31.2. The van der Waals surface area contributed by atoms with Gasteiger partial charge < -0.3 is 19.8 Å². The second-order valence-electron chi connectivity index (χ2n) is 19.6. The molecule has 3 unspecified atom stereocenters. The number of likely N-dealkylation sites (N-methyl/N-ethyl adjacent to an activating group) is 1. The third kappa shape index (κ3) is 52.7. The summed E-state index contributed by atoms with van der Waals surface area (Å²) in [4.78, 5) is 23.1. The zero-order valence-electron chi connectivity index (χ0n) is 45.5. The molecular weight excluding hydrogens is 888 g/mol. The number of phosphoric acid groups is 1. The van der Waals surface area contributed by atoms with E-state index in [1.807, 2.05) is 27.2 Å². The number of unbranched alkanes of at least 4 members (excludes halogenated alkanes) is 18. The molecule has 0 saturated carbocycles. The Kier molecular flexibility index (Phi) is 48.6. The van der Waals surface area contributed by atoms with Crippen LogP contribution in [0.5, 0.6) is 0 Å². The highest BCUT2D eigenvalue weighted by Gasteiger charge is 2.27. The molecule has 0 radical (unpaired) electrons. The van der Waals surface area contributed by atoms with E-state index in [4.69, 9.17) is 9.05 Å². The van der Waals surface area contributed by atoms with Crippen LogP contribution < -0.4 is 5.32 Å². The minimum absolute atomic E-state index is 0.0515. The predicted octanol–water partition coefficient (Wildman–Crippen LogP) is 17.0. The molecule has 9 heteroatoms. The van der Waals surface area contributed by atoms with Gasteiger partial charge in [-0.1, -0.05) is 232 Å². The molecule has 3 N–H and O–H groups in total. The molecule has 0 bridgehead atoms. The molecule has 1 amide bonds. The molecule has 0 aromatic heterocycles. The van der Waals surface area contributed by atoms with Crippen LogP contribution in [0, 0.1) is 0 Å². The fourth-order valence-corrected chi connectivity index (χ4v) is 8.05. The van der Waals surface area contributed by atoms with Crippen molar-refractivity contribution >= 4 is 13.7 Å². The third-order valence-electron chi connectivity index (χ3n) is 11.6. The van der Waals surface area contributed by atoms with Crippen LogP contribution in [0.3, 0.4) is 0 Å². The van der Waals surface area contributed by atoms with Crippen molar-refractivity contribution in [3.05, 3.63) is 122 Å². The fourth-order valence-electron chi connectivity index (χ4n) is 7.32. The van der Waals surface area contributed by atoms with Crippen LogP contribution in [-0.2, 0) is 18.4 Å². The number of phosphoric ester groups is 1. The van der Waals surface area contributed by atoms with Gasteiger partial charge in [0.1, 0.15) is 13.2 Å². The summed E-state index contributed by atoms with van der Waals surface area (Å²) in [5.41, 5.74) is 0. The maximum absolute atomic E-state index is 12.9. The molecule has 0 aromatic carbocycles. The van der Waals surface area contributed by atoms with Crippen molar-refractivity contribution in [3.8, 4) is 0 Å². The van der Waals surface area contributed by atoms with Gasteiger partial charge in [-0.05, 0) is 89.9 Å². The average Bonchev–Trinajstić information content (AvgIpc) is 3.32. The molecule has 400 valence electrons. The van der Waals surface area contributed by atoms with E-state index >= 15 is 0 Å². The largest absolute Gasteiger partial charge is 0.472 e. The van der Waals surface area contributed by atoms with Crippen LogP contribution in [-0.4, -0.2) is 73.4 Å². The monoisotopic (exact) mass is 994 g/mol. The van der Waals surface area contributed by atoms with Crippen molar-refractivity contribution in [3.63, 3.8) is 0 Å². The molecule has 8 nitrogen and oxygen atoms in total. The second kappa shape index (κ2) is 50.8. The molecule has 0 aliphatic rings. The number of carbonyl (C=O) groups is 1. The quantitative estimate of drug-likeness (QED) is 0.0243. The summed E-state index contributed by atoms with van der Waals surface area (Å²) in [7, 11) is 1.54. The smallest absolute Gasteiger partial charge is 0.387 e. The molecule has 0 saturated heterocycles. The Labute approximate surface area is 431 Å². The molecule has 70 heavy (non-hydrogen) atoms. The third-order valence-corrected chi connectivity index (χ3v) is 12.6. The Morgan fingerprint density at radius 1 is 0.500 bits per heavy atom. The zero-order valence-corrected chi connectivity index (χ0v) is 46.4. The van der Waals surface area contributed by atoms with Crippen LogP contribution in [0.25, 0.3) is 0 Å². The Hall–Kier alpha value is -3.10. The van der Waals surface area contributed by atoms with Gasteiger partial charge >= 0.3 is 7.82 Å². The lowest BCUT2D eigenvalue weighted by Crippen LogP contribution is -2.45. The van der Waals surface area contributed by atoms with Gasteiger partial charge in [0, 0.05) is 6.42 Å².